The Hall–Kier alpha value is -2.35. The smallest absolute Gasteiger partial charge is 0.242 e. The molecule has 1 N–H and O–H groups in total. The highest BCUT2D eigenvalue weighted by Gasteiger charge is 2.38. The molecule has 1 fully saturated rings. The monoisotopic (exact) mass is 459 g/mol. The first-order chi connectivity index (χ1) is 14.9. The lowest BCUT2D eigenvalue weighted by Gasteiger charge is -2.16. The molecule has 0 radical (unpaired) electrons. The van der Waals surface area contributed by atoms with Gasteiger partial charge in [0.2, 0.25) is 11.8 Å². The SMILES string of the molecule is COCCCN1C(=O)C(CC(=O)Nc2cccc(Cl)c2)SC1=Nc1cc(C)cc(C)c1. The second-order valence-electron chi connectivity index (χ2n) is 7.45. The van der Waals surface area contributed by atoms with Crippen molar-refractivity contribution in [2.24, 2.45) is 4.99 Å². The zero-order chi connectivity index (χ0) is 22.4. The minimum atomic E-state index is -0.522. The number of rotatable bonds is 8. The Morgan fingerprint density at radius 1 is 1.23 bits per heavy atom. The van der Waals surface area contributed by atoms with E-state index in [2.05, 4.69) is 11.4 Å². The number of hydrogen-bond donors (Lipinski definition) is 1. The second kappa shape index (κ2) is 10.8. The van der Waals surface area contributed by atoms with Crippen molar-refractivity contribution in [3.05, 3.63) is 58.6 Å². The standard InChI is InChI=1S/C23H26ClN3O3S/c1-15-10-16(2)12-19(11-15)26-23-27(8-5-9-30-3)22(29)20(31-23)14-21(28)25-18-7-4-6-17(24)13-18/h4,6-7,10-13,20H,5,8-9,14H2,1-3H3,(H,25,28). The molecule has 2 amide bonds. The van der Waals surface area contributed by atoms with Gasteiger partial charge in [-0.2, -0.15) is 0 Å². The summed E-state index contributed by atoms with van der Waals surface area (Å²) in [5.41, 5.74) is 3.62. The number of methoxy groups -OCH3 is 1. The molecule has 164 valence electrons. The van der Waals surface area contributed by atoms with Crippen molar-refractivity contribution in [2.75, 3.05) is 25.6 Å². The second-order valence-corrected chi connectivity index (χ2v) is 9.05. The summed E-state index contributed by atoms with van der Waals surface area (Å²) in [6, 6.07) is 13.0. The zero-order valence-corrected chi connectivity index (χ0v) is 19.4. The summed E-state index contributed by atoms with van der Waals surface area (Å²) >= 11 is 7.31. The number of carbonyl (C=O) groups excluding carboxylic acids is 2. The molecule has 2 aromatic carbocycles. The van der Waals surface area contributed by atoms with E-state index in [1.54, 1.807) is 36.3 Å². The number of nitrogens with zero attached hydrogens (tertiary/aromatic N) is 2. The fourth-order valence-electron chi connectivity index (χ4n) is 3.37. The number of anilines is 1. The molecular weight excluding hydrogens is 434 g/mol. The van der Waals surface area contributed by atoms with Gasteiger partial charge in [-0.05, 0) is 61.7 Å². The molecule has 2 aromatic rings. The highest BCUT2D eigenvalue weighted by molar-refractivity contribution is 8.15. The lowest BCUT2D eigenvalue weighted by atomic mass is 10.1. The summed E-state index contributed by atoms with van der Waals surface area (Å²) in [5, 5.41) is 3.44. The van der Waals surface area contributed by atoms with Crippen molar-refractivity contribution < 1.29 is 14.3 Å². The number of aryl methyl sites for hydroxylation is 2. The van der Waals surface area contributed by atoms with Crippen LogP contribution in [0.25, 0.3) is 0 Å². The van der Waals surface area contributed by atoms with Crippen LogP contribution in [0.15, 0.2) is 47.5 Å². The number of nitrogens with one attached hydrogen (secondary N) is 1. The topological polar surface area (TPSA) is 71.0 Å². The van der Waals surface area contributed by atoms with Crippen LogP contribution in [-0.4, -0.2) is 47.4 Å². The third-order valence-corrected chi connectivity index (χ3v) is 6.07. The maximum Gasteiger partial charge on any atom is 0.242 e. The molecule has 1 unspecified atom stereocenters. The molecule has 0 aliphatic carbocycles. The molecule has 6 nitrogen and oxygen atoms in total. The first kappa shape index (κ1) is 23.3. The van der Waals surface area contributed by atoms with E-state index in [9.17, 15) is 9.59 Å². The molecule has 8 heteroatoms. The van der Waals surface area contributed by atoms with E-state index in [1.807, 2.05) is 26.0 Å². The van der Waals surface area contributed by atoms with Gasteiger partial charge in [0, 0.05) is 37.4 Å². The lowest BCUT2D eigenvalue weighted by molar-refractivity contribution is -0.128. The Morgan fingerprint density at radius 2 is 1.97 bits per heavy atom. The number of carbonyl (C=O) groups is 2. The third-order valence-electron chi connectivity index (χ3n) is 4.66. The van der Waals surface area contributed by atoms with Gasteiger partial charge in [0.1, 0.15) is 5.25 Å². The summed E-state index contributed by atoms with van der Waals surface area (Å²) in [5.74, 6) is -0.344. The van der Waals surface area contributed by atoms with E-state index in [-0.39, 0.29) is 18.2 Å². The molecule has 1 atom stereocenters. The van der Waals surface area contributed by atoms with Crippen LogP contribution >= 0.6 is 23.4 Å². The predicted molar refractivity (Wildman–Crippen MR) is 127 cm³/mol. The van der Waals surface area contributed by atoms with Gasteiger partial charge < -0.3 is 10.1 Å². The van der Waals surface area contributed by atoms with E-state index in [4.69, 9.17) is 21.3 Å². The summed E-state index contributed by atoms with van der Waals surface area (Å²) < 4.78 is 5.13. The van der Waals surface area contributed by atoms with Crippen molar-refractivity contribution in [3.8, 4) is 0 Å². The quantitative estimate of drug-likeness (QED) is 0.567. The van der Waals surface area contributed by atoms with Crippen LogP contribution in [0.1, 0.15) is 24.0 Å². The Balaban J connectivity index is 1.76. The average Bonchev–Trinajstić information content (AvgIpc) is 2.96. The molecule has 31 heavy (non-hydrogen) atoms. The number of thioether (sulfide) groups is 1. The highest BCUT2D eigenvalue weighted by Crippen LogP contribution is 2.32. The fourth-order valence-corrected chi connectivity index (χ4v) is 4.74. The highest BCUT2D eigenvalue weighted by atomic mass is 35.5. The Labute approximate surface area is 192 Å². The van der Waals surface area contributed by atoms with Crippen LogP contribution < -0.4 is 5.32 Å². The first-order valence-corrected chi connectivity index (χ1v) is 11.3. The molecule has 1 saturated heterocycles. The molecule has 0 aromatic heterocycles. The Kier molecular flexibility index (Phi) is 8.12. The molecule has 0 saturated carbocycles. The normalized spacial score (nSPS) is 17.4. The first-order valence-electron chi connectivity index (χ1n) is 10.0. The van der Waals surface area contributed by atoms with E-state index in [0.29, 0.717) is 35.5 Å². The van der Waals surface area contributed by atoms with Gasteiger partial charge in [-0.25, -0.2) is 4.99 Å². The van der Waals surface area contributed by atoms with E-state index in [0.717, 1.165) is 16.8 Å². The van der Waals surface area contributed by atoms with Crippen LogP contribution in [0.2, 0.25) is 5.02 Å². The summed E-state index contributed by atoms with van der Waals surface area (Å²) in [6.45, 7) is 5.08. The molecule has 1 heterocycles. The van der Waals surface area contributed by atoms with Gasteiger partial charge in [0.05, 0.1) is 5.69 Å². The van der Waals surface area contributed by atoms with Crippen LogP contribution in [0.4, 0.5) is 11.4 Å². The largest absolute Gasteiger partial charge is 0.385 e. The molecule has 1 aliphatic heterocycles. The molecule has 1 aliphatic rings. The molecule has 0 spiro atoms. The van der Waals surface area contributed by atoms with Crippen molar-refractivity contribution in [1.82, 2.24) is 4.90 Å². The van der Waals surface area contributed by atoms with E-state index < -0.39 is 5.25 Å². The maximum atomic E-state index is 13.1. The third kappa shape index (κ3) is 6.56. The number of amides is 2. The van der Waals surface area contributed by atoms with Crippen LogP contribution in [0, 0.1) is 13.8 Å². The van der Waals surface area contributed by atoms with Crippen molar-refractivity contribution in [2.45, 2.75) is 31.9 Å². The lowest BCUT2D eigenvalue weighted by Crippen LogP contribution is -2.34. The number of amidine groups is 1. The molecular formula is C23H26ClN3O3S. The number of aliphatic imine (C=N–C) groups is 1. The van der Waals surface area contributed by atoms with Gasteiger partial charge in [0.25, 0.3) is 0 Å². The molecule has 0 bridgehead atoms. The Bertz CT molecular complexity index is 976. The number of benzene rings is 2. The van der Waals surface area contributed by atoms with Gasteiger partial charge in [0.15, 0.2) is 5.17 Å². The minimum absolute atomic E-state index is 0.0582. The van der Waals surface area contributed by atoms with Crippen molar-refractivity contribution >= 4 is 51.7 Å². The predicted octanol–water partition coefficient (Wildman–Crippen LogP) is 4.95. The fraction of sp³-hybridized carbons (Fsp3) is 0.348. The van der Waals surface area contributed by atoms with Gasteiger partial charge in [-0.1, -0.05) is 35.5 Å². The Morgan fingerprint density at radius 3 is 2.65 bits per heavy atom. The maximum absolute atomic E-state index is 13.1. The number of hydrogen-bond acceptors (Lipinski definition) is 5. The van der Waals surface area contributed by atoms with Gasteiger partial charge in [-0.3, -0.25) is 14.5 Å². The summed E-state index contributed by atoms with van der Waals surface area (Å²) in [4.78, 5) is 32.0. The van der Waals surface area contributed by atoms with Gasteiger partial charge in [-0.15, -0.1) is 0 Å². The summed E-state index contributed by atoms with van der Waals surface area (Å²) in [7, 11) is 1.63. The van der Waals surface area contributed by atoms with Crippen LogP contribution in [0.3, 0.4) is 0 Å². The zero-order valence-electron chi connectivity index (χ0n) is 17.9. The van der Waals surface area contributed by atoms with Crippen LogP contribution in [0.5, 0.6) is 0 Å². The van der Waals surface area contributed by atoms with Crippen molar-refractivity contribution in [3.63, 3.8) is 0 Å². The van der Waals surface area contributed by atoms with Crippen LogP contribution in [-0.2, 0) is 14.3 Å². The number of ether oxygens (including phenoxy) is 1. The molecule has 3 rings (SSSR count). The number of halogens is 1. The minimum Gasteiger partial charge on any atom is -0.385 e. The summed E-state index contributed by atoms with van der Waals surface area (Å²) in [6.07, 6.45) is 0.749. The average molecular weight is 460 g/mol. The van der Waals surface area contributed by atoms with Gasteiger partial charge >= 0.3 is 0 Å². The van der Waals surface area contributed by atoms with Crippen molar-refractivity contribution in [1.29, 1.82) is 0 Å². The van der Waals surface area contributed by atoms with E-state index >= 15 is 0 Å². The van der Waals surface area contributed by atoms with E-state index in [1.165, 1.54) is 11.8 Å².